The Morgan fingerprint density at radius 1 is 1.14 bits per heavy atom. The number of benzene rings is 1. The molecule has 110 valence electrons. The molecule has 0 N–H and O–H groups in total. The molecule has 0 unspecified atom stereocenters. The van der Waals surface area contributed by atoms with Gasteiger partial charge in [0.1, 0.15) is 0 Å². The Hall–Kier alpha value is -2.11. The van der Waals surface area contributed by atoms with Gasteiger partial charge in [0.15, 0.2) is 22.3 Å². The van der Waals surface area contributed by atoms with Gasteiger partial charge >= 0.3 is 0 Å². The summed E-state index contributed by atoms with van der Waals surface area (Å²) < 4.78 is 5.34. The molecule has 2 heterocycles. The van der Waals surface area contributed by atoms with E-state index in [9.17, 15) is 4.79 Å². The molecule has 22 heavy (non-hydrogen) atoms. The first-order chi connectivity index (χ1) is 10.6. The monoisotopic (exact) mass is 330 g/mol. The first-order valence-corrected chi connectivity index (χ1v) is 7.68. The smallest absolute Gasteiger partial charge is 0.196 e. The summed E-state index contributed by atoms with van der Waals surface area (Å²) in [4.78, 5) is 19.6. The fourth-order valence-corrected chi connectivity index (χ4v) is 2.81. The van der Waals surface area contributed by atoms with Crippen molar-refractivity contribution < 1.29 is 9.21 Å². The highest BCUT2D eigenvalue weighted by atomic mass is 35.5. The van der Waals surface area contributed by atoms with Gasteiger partial charge in [-0.1, -0.05) is 23.7 Å². The van der Waals surface area contributed by atoms with E-state index >= 15 is 0 Å². The van der Waals surface area contributed by atoms with Crippen molar-refractivity contribution in [2.45, 2.75) is 17.2 Å². The molecule has 6 heteroatoms. The van der Waals surface area contributed by atoms with Crippen LogP contribution in [0.2, 0.25) is 5.02 Å². The maximum Gasteiger partial charge on any atom is 0.196 e. The molecular formula is C16H11ClN2O2S. The maximum absolute atomic E-state index is 10.6. The highest BCUT2D eigenvalue weighted by Gasteiger charge is 2.09. The van der Waals surface area contributed by atoms with E-state index in [4.69, 9.17) is 16.0 Å². The molecular weight excluding hydrogens is 320 g/mol. The zero-order valence-electron chi connectivity index (χ0n) is 11.6. The Kier molecular flexibility index (Phi) is 4.27. The van der Waals surface area contributed by atoms with Crippen molar-refractivity contribution in [3.63, 3.8) is 0 Å². The highest BCUT2D eigenvalue weighted by molar-refractivity contribution is 7.99. The molecule has 3 rings (SSSR count). The van der Waals surface area contributed by atoms with Crippen LogP contribution in [0.15, 0.2) is 57.1 Å². The minimum Gasteiger partial charge on any atom is -0.447 e. The maximum atomic E-state index is 10.6. The Labute approximate surface area is 136 Å². The quantitative estimate of drug-likeness (QED) is 0.514. The minimum absolute atomic E-state index is 0.285. The van der Waals surface area contributed by atoms with Gasteiger partial charge in [0, 0.05) is 16.3 Å². The lowest BCUT2D eigenvalue weighted by Gasteiger charge is -2.05. The van der Waals surface area contributed by atoms with E-state index in [1.807, 2.05) is 37.3 Å². The molecule has 0 bridgehead atoms. The molecule has 0 aliphatic heterocycles. The predicted octanol–water partition coefficient (Wildman–Crippen LogP) is 4.66. The second-order valence-corrected chi connectivity index (χ2v) is 5.97. The average molecular weight is 331 g/mol. The summed E-state index contributed by atoms with van der Waals surface area (Å²) in [7, 11) is 0. The molecule has 4 nitrogen and oxygen atoms in total. The predicted molar refractivity (Wildman–Crippen MR) is 85.4 cm³/mol. The summed E-state index contributed by atoms with van der Waals surface area (Å²) >= 11 is 7.18. The van der Waals surface area contributed by atoms with Gasteiger partial charge in [-0.3, -0.25) is 4.79 Å². The molecule has 0 radical (unpaired) electrons. The normalized spacial score (nSPS) is 10.6. The first-order valence-electron chi connectivity index (χ1n) is 6.48. The molecule has 2 aromatic heterocycles. The summed E-state index contributed by atoms with van der Waals surface area (Å²) in [5.41, 5.74) is 2.63. The number of aryl methyl sites for hydroxylation is 1. The standard InChI is InChI=1S/C16H11ClN2O2S/c1-10-8-14(11-2-4-12(17)5-3-11)19-16(18-10)22-15-7-6-13(9-20)21-15/h2-9H,1H3. The van der Waals surface area contributed by atoms with Crippen LogP contribution in [-0.4, -0.2) is 16.3 Å². The van der Waals surface area contributed by atoms with Crippen molar-refractivity contribution in [1.82, 2.24) is 9.97 Å². The van der Waals surface area contributed by atoms with Gasteiger partial charge in [0.2, 0.25) is 0 Å². The largest absolute Gasteiger partial charge is 0.447 e. The third kappa shape index (κ3) is 3.37. The molecule has 0 aliphatic carbocycles. The molecule has 0 aliphatic rings. The van der Waals surface area contributed by atoms with E-state index in [2.05, 4.69) is 9.97 Å². The number of aromatic nitrogens is 2. The van der Waals surface area contributed by atoms with Gasteiger partial charge in [-0.2, -0.15) is 0 Å². The molecule has 1 aromatic carbocycles. The fourth-order valence-electron chi connectivity index (χ4n) is 1.90. The Morgan fingerprint density at radius 3 is 2.59 bits per heavy atom. The van der Waals surface area contributed by atoms with E-state index in [1.165, 1.54) is 11.8 Å². The van der Waals surface area contributed by atoms with Crippen molar-refractivity contribution in [1.29, 1.82) is 0 Å². The number of rotatable bonds is 4. The number of hydrogen-bond acceptors (Lipinski definition) is 5. The molecule has 0 saturated carbocycles. The molecule has 3 aromatic rings. The number of carbonyl (C=O) groups excluding carboxylic acids is 1. The number of furan rings is 1. The molecule has 0 atom stereocenters. The van der Waals surface area contributed by atoms with Gasteiger partial charge in [-0.15, -0.1) is 0 Å². The first kappa shape index (κ1) is 14.8. The Morgan fingerprint density at radius 2 is 1.91 bits per heavy atom. The Bertz CT molecular complexity index is 815. The number of nitrogens with zero attached hydrogens (tertiary/aromatic N) is 2. The average Bonchev–Trinajstić information content (AvgIpc) is 2.95. The summed E-state index contributed by atoms with van der Waals surface area (Å²) in [6.45, 7) is 1.91. The SMILES string of the molecule is Cc1cc(-c2ccc(Cl)cc2)nc(Sc2ccc(C=O)o2)n1. The third-order valence-corrected chi connectivity index (χ3v) is 3.92. The second-order valence-electron chi connectivity index (χ2n) is 4.56. The lowest BCUT2D eigenvalue weighted by atomic mass is 10.1. The van der Waals surface area contributed by atoms with Crippen LogP contribution in [0.3, 0.4) is 0 Å². The van der Waals surface area contributed by atoms with Crippen molar-refractivity contribution >= 4 is 29.6 Å². The lowest BCUT2D eigenvalue weighted by Crippen LogP contribution is -1.93. The van der Waals surface area contributed by atoms with E-state index < -0.39 is 0 Å². The van der Waals surface area contributed by atoms with Gasteiger partial charge in [0.05, 0.1) is 5.69 Å². The van der Waals surface area contributed by atoms with Crippen LogP contribution < -0.4 is 0 Å². The van der Waals surface area contributed by atoms with E-state index in [1.54, 1.807) is 12.1 Å². The zero-order chi connectivity index (χ0) is 15.5. The number of hydrogen-bond donors (Lipinski definition) is 0. The number of aldehydes is 1. The van der Waals surface area contributed by atoms with Crippen LogP contribution in [0.5, 0.6) is 0 Å². The van der Waals surface area contributed by atoms with Crippen molar-refractivity contribution in [2.24, 2.45) is 0 Å². The molecule has 0 fully saturated rings. The number of halogens is 1. The third-order valence-electron chi connectivity index (χ3n) is 2.88. The zero-order valence-corrected chi connectivity index (χ0v) is 13.2. The van der Waals surface area contributed by atoms with Gasteiger partial charge in [0.25, 0.3) is 0 Å². The van der Waals surface area contributed by atoms with Crippen LogP contribution in [0.4, 0.5) is 0 Å². The van der Waals surface area contributed by atoms with Crippen molar-refractivity contribution in [2.75, 3.05) is 0 Å². The van der Waals surface area contributed by atoms with Crippen LogP contribution in [0.1, 0.15) is 16.2 Å². The fraction of sp³-hybridized carbons (Fsp3) is 0.0625. The molecule has 0 amide bonds. The lowest BCUT2D eigenvalue weighted by molar-refractivity contribution is 0.109. The molecule has 0 spiro atoms. The number of carbonyl (C=O) groups is 1. The second kappa shape index (κ2) is 6.34. The van der Waals surface area contributed by atoms with E-state index in [0.29, 0.717) is 21.6 Å². The van der Waals surface area contributed by atoms with Gasteiger partial charge < -0.3 is 4.42 Å². The van der Waals surface area contributed by atoms with Gasteiger partial charge in [-0.25, -0.2) is 9.97 Å². The van der Waals surface area contributed by atoms with Crippen LogP contribution >= 0.6 is 23.4 Å². The summed E-state index contributed by atoms with van der Waals surface area (Å²) in [6.07, 6.45) is 0.667. The van der Waals surface area contributed by atoms with Crippen molar-refractivity contribution in [3.05, 3.63) is 58.9 Å². The Balaban J connectivity index is 1.92. The van der Waals surface area contributed by atoms with Gasteiger partial charge in [-0.05, 0) is 49.0 Å². The van der Waals surface area contributed by atoms with E-state index in [0.717, 1.165) is 17.0 Å². The van der Waals surface area contributed by atoms with E-state index in [-0.39, 0.29) is 5.76 Å². The minimum atomic E-state index is 0.285. The van der Waals surface area contributed by atoms with Crippen molar-refractivity contribution in [3.8, 4) is 11.3 Å². The van der Waals surface area contributed by atoms with Crippen LogP contribution in [0.25, 0.3) is 11.3 Å². The summed E-state index contributed by atoms with van der Waals surface area (Å²) in [5.74, 6) is 0.285. The summed E-state index contributed by atoms with van der Waals surface area (Å²) in [5, 5.41) is 1.83. The van der Waals surface area contributed by atoms with Crippen LogP contribution in [0, 0.1) is 6.92 Å². The molecule has 0 saturated heterocycles. The highest BCUT2D eigenvalue weighted by Crippen LogP contribution is 2.29. The topological polar surface area (TPSA) is 56.0 Å². The summed E-state index contributed by atoms with van der Waals surface area (Å²) in [6, 6.07) is 12.7. The van der Waals surface area contributed by atoms with Crippen LogP contribution in [-0.2, 0) is 0 Å².